The minimum atomic E-state index is -0.418. The Balaban J connectivity index is 3.58. The molecule has 7 heteroatoms. The lowest BCUT2D eigenvalue weighted by atomic mass is 10.2. The van der Waals surface area contributed by atoms with Gasteiger partial charge in [0.05, 0.1) is 27.6 Å². The normalized spacial score (nSPS) is 10.3. The zero-order chi connectivity index (χ0) is 13.9. The largest absolute Gasteiger partial charge is 0.384 e. The van der Waals surface area contributed by atoms with Crippen molar-refractivity contribution < 1.29 is 4.79 Å². The van der Waals surface area contributed by atoms with Crippen LogP contribution in [0.25, 0.3) is 0 Å². The van der Waals surface area contributed by atoms with Crippen molar-refractivity contribution in [1.29, 1.82) is 0 Å². The van der Waals surface area contributed by atoms with E-state index in [4.69, 9.17) is 11.6 Å². The second kappa shape index (κ2) is 7.67. The van der Waals surface area contributed by atoms with E-state index >= 15 is 0 Å². The molecule has 0 spiro atoms. The first-order valence-electron chi connectivity index (χ1n) is 5.33. The molecule has 0 atom stereocenters. The first kappa shape index (κ1) is 17.0. The summed E-state index contributed by atoms with van der Waals surface area (Å²) in [5.41, 5.74) is 2.52. The molecule has 1 aromatic carbocycles. The minimum Gasteiger partial charge on any atom is -0.384 e. The van der Waals surface area contributed by atoms with Crippen LogP contribution in [0.4, 0.5) is 11.4 Å². The summed E-state index contributed by atoms with van der Waals surface area (Å²) in [5.74, 6) is 0. The van der Waals surface area contributed by atoms with Crippen LogP contribution in [-0.2, 0) is 0 Å². The van der Waals surface area contributed by atoms with Crippen LogP contribution in [-0.4, -0.2) is 18.3 Å². The van der Waals surface area contributed by atoms with Crippen LogP contribution >= 0.6 is 79.4 Å². The van der Waals surface area contributed by atoms with E-state index in [-0.39, 0.29) is 0 Å². The lowest BCUT2D eigenvalue weighted by molar-refractivity contribution is 0.108. The van der Waals surface area contributed by atoms with E-state index in [0.717, 1.165) is 35.2 Å². The van der Waals surface area contributed by atoms with Crippen LogP contribution in [0.3, 0.4) is 0 Å². The van der Waals surface area contributed by atoms with E-state index in [1.807, 2.05) is 13.8 Å². The van der Waals surface area contributed by atoms with E-state index < -0.39 is 5.24 Å². The molecule has 0 saturated carbocycles. The van der Waals surface area contributed by atoms with Crippen LogP contribution in [0, 0.1) is 10.7 Å². The average Bonchev–Trinajstić information content (AvgIpc) is 2.30. The molecule has 0 aliphatic heterocycles. The highest BCUT2D eigenvalue weighted by atomic mass is 127. The SMILES string of the molecule is CCNc1c(I)c(NCC)c(I)c(C(=O)Cl)c1I. The van der Waals surface area contributed by atoms with E-state index in [9.17, 15) is 4.79 Å². The summed E-state index contributed by atoms with van der Waals surface area (Å²) in [6.07, 6.45) is 0. The summed E-state index contributed by atoms with van der Waals surface area (Å²) < 4.78 is 2.85. The second-order valence-corrected chi connectivity index (χ2v) is 6.98. The van der Waals surface area contributed by atoms with Gasteiger partial charge < -0.3 is 10.6 Å². The summed E-state index contributed by atoms with van der Waals surface area (Å²) in [6.45, 7) is 5.65. The van der Waals surface area contributed by atoms with Crippen molar-refractivity contribution in [1.82, 2.24) is 0 Å². The second-order valence-electron chi connectivity index (χ2n) is 3.40. The molecular formula is C11H12ClI3N2O. The van der Waals surface area contributed by atoms with Crippen molar-refractivity contribution >= 4 is 96.0 Å². The first-order chi connectivity index (χ1) is 8.45. The Labute approximate surface area is 153 Å². The summed E-state index contributed by atoms with van der Waals surface area (Å²) in [6, 6.07) is 0. The van der Waals surface area contributed by atoms with Gasteiger partial charge in [-0.3, -0.25) is 4.79 Å². The van der Waals surface area contributed by atoms with Gasteiger partial charge in [0.15, 0.2) is 0 Å². The molecule has 0 aliphatic carbocycles. The third kappa shape index (κ3) is 3.54. The maximum absolute atomic E-state index is 11.6. The molecule has 0 aromatic heterocycles. The Morgan fingerprint density at radius 1 is 1.00 bits per heavy atom. The van der Waals surface area contributed by atoms with Crippen LogP contribution in [0.5, 0.6) is 0 Å². The molecule has 0 radical (unpaired) electrons. The molecule has 0 aliphatic rings. The Bertz CT molecular complexity index is 447. The number of anilines is 2. The molecule has 100 valence electrons. The molecule has 0 saturated heterocycles. The van der Waals surface area contributed by atoms with Crippen molar-refractivity contribution in [2.45, 2.75) is 13.8 Å². The number of halogens is 4. The van der Waals surface area contributed by atoms with Gasteiger partial charge in [-0.15, -0.1) is 0 Å². The van der Waals surface area contributed by atoms with E-state index in [2.05, 4.69) is 78.4 Å². The maximum Gasteiger partial charge on any atom is 0.254 e. The summed E-state index contributed by atoms with van der Waals surface area (Å²) >= 11 is 12.3. The van der Waals surface area contributed by atoms with Gasteiger partial charge in [0, 0.05) is 13.1 Å². The number of rotatable bonds is 5. The number of carbonyl (C=O) groups is 1. The predicted molar refractivity (Wildman–Crippen MR) is 103 cm³/mol. The molecule has 1 aromatic rings. The third-order valence-corrected chi connectivity index (χ3v) is 5.65. The lowest BCUT2D eigenvalue weighted by Crippen LogP contribution is -2.12. The highest BCUT2D eigenvalue weighted by Crippen LogP contribution is 2.39. The van der Waals surface area contributed by atoms with Gasteiger partial charge in [-0.1, -0.05) is 0 Å². The molecular weight excluding hydrogens is 592 g/mol. The molecule has 2 N–H and O–H groups in total. The zero-order valence-corrected chi connectivity index (χ0v) is 17.1. The Morgan fingerprint density at radius 2 is 1.39 bits per heavy atom. The number of nitrogens with one attached hydrogen (secondary N) is 2. The van der Waals surface area contributed by atoms with Gasteiger partial charge in [0.1, 0.15) is 0 Å². The standard InChI is InChI=1S/C11H12ClI3N2O/c1-3-16-9-6(13)5(11(12)18)7(14)10(8(9)15)17-4-2/h16-17H,3-4H2,1-2H3. The van der Waals surface area contributed by atoms with Gasteiger partial charge in [0.2, 0.25) is 0 Å². The van der Waals surface area contributed by atoms with Crippen molar-refractivity contribution in [2.75, 3.05) is 23.7 Å². The fourth-order valence-electron chi connectivity index (χ4n) is 1.50. The van der Waals surface area contributed by atoms with Crippen LogP contribution in [0.2, 0.25) is 0 Å². The Hall–Kier alpha value is 0.970. The zero-order valence-electron chi connectivity index (χ0n) is 9.83. The fraction of sp³-hybridized carbons (Fsp3) is 0.364. The van der Waals surface area contributed by atoms with Gasteiger partial charge in [-0.05, 0) is 93.2 Å². The monoisotopic (exact) mass is 604 g/mol. The molecule has 18 heavy (non-hydrogen) atoms. The average molecular weight is 604 g/mol. The van der Waals surface area contributed by atoms with E-state index in [1.54, 1.807) is 0 Å². The van der Waals surface area contributed by atoms with Crippen LogP contribution < -0.4 is 10.6 Å². The number of hydrogen-bond acceptors (Lipinski definition) is 3. The fourth-order valence-corrected chi connectivity index (χ4v) is 6.43. The van der Waals surface area contributed by atoms with Gasteiger partial charge >= 0.3 is 0 Å². The lowest BCUT2D eigenvalue weighted by Gasteiger charge is -2.19. The number of hydrogen-bond donors (Lipinski definition) is 2. The smallest absolute Gasteiger partial charge is 0.254 e. The summed E-state index contributed by atoms with van der Waals surface area (Å²) in [7, 11) is 0. The van der Waals surface area contributed by atoms with Crippen molar-refractivity contribution in [2.24, 2.45) is 0 Å². The van der Waals surface area contributed by atoms with Gasteiger partial charge in [0.25, 0.3) is 5.24 Å². The molecule has 0 fully saturated rings. The highest BCUT2D eigenvalue weighted by molar-refractivity contribution is 14.1. The molecule has 0 unspecified atom stereocenters. The van der Waals surface area contributed by atoms with Gasteiger partial charge in [-0.2, -0.15) is 0 Å². The Morgan fingerprint density at radius 3 is 1.67 bits per heavy atom. The summed E-state index contributed by atoms with van der Waals surface area (Å²) in [5, 5.41) is 6.17. The minimum absolute atomic E-state index is 0.418. The van der Waals surface area contributed by atoms with Crippen molar-refractivity contribution in [3.8, 4) is 0 Å². The van der Waals surface area contributed by atoms with Gasteiger partial charge in [-0.25, -0.2) is 0 Å². The van der Waals surface area contributed by atoms with Crippen LogP contribution in [0.15, 0.2) is 0 Å². The highest BCUT2D eigenvalue weighted by Gasteiger charge is 2.22. The van der Waals surface area contributed by atoms with E-state index in [0.29, 0.717) is 5.56 Å². The maximum atomic E-state index is 11.6. The van der Waals surface area contributed by atoms with Crippen LogP contribution in [0.1, 0.15) is 24.2 Å². The van der Waals surface area contributed by atoms with Crippen molar-refractivity contribution in [3.05, 3.63) is 16.3 Å². The third-order valence-electron chi connectivity index (χ3n) is 2.22. The van der Waals surface area contributed by atoms with E-state index in [1.165, 1.54) is 0 Å². The molecule has 0 bridgehead atoms. The molecule has 0 heterocycles. The first-order valence-corrected chi connectivity index (χ1v) is 8.95. The molecule has 3 nitrogen and oxygen atoms in total. The molecule has 0 amide bonds. The number of benzene rings is 1. The Kier molecular flexibility index (Phi) is 7.26. The molecule has 1 rings (SSSR count). The topological polar surface area (TPSA) is 41.1 Å². The predicted octanol–water partition coefficient (Wildman–Crippen LogP) is 4.74. The van der Waals surface area contributed by atoms with Crippen molar-refractivity contribution in [3.63, 3.8) is 0 Å². The summed E-state index contributed by atoms with van der Waals surface area (Å²) in [4.78, 5) is 11.6. The quantitative estimate of drug-likeness (QED) is 0.377. The number of carbonyl (C=O) groups excluding carboxylic acids is 1.